The van der Waals surface area contributed by atoms with E-state index < -0.39 is 0 Å². The molecule has 0 bridgehead atoms. The Morgan fingerprint density at radius 1 is 1.03 bits per heavy atom. The first-order valence-electron chi connectivity index (χ1n) is 10.1. The van der Waals surface area contributed by atoms with Crippen molar-refractivity contribution in [1.29, 1.82) is 0 Å². The van der Waals surface area contributed by atoms with Crippen LogP contribution in [0.15, 0.2) is 54.6 Å². The maximum absolute atomic E-state index is 12.5. The monoisotopic (exact) mass is 426 g/mol. The number of nitrogens with two attached hydrogens (primary N) is 1. The van der Waals surface area contributed by atoms with Crippen molar-refractivity contribution in [3.8, 4) is 5.69 Å². The Balaban J connectivity index is 0.00000320. The van der Waals surface area contributed by atoms with Crippen LogP contribution in [0, 0.1) is 13.8 Å². The van der Waals surface area contributed by atoms with Crippen LogP contribution in [0.2, 0.25) is 0 Å². The minimum absolute atomic E-state index is 0. The predicted octanol–water partition coefficient (Wildman–Crippen LogP) is 4.39. The topological polar surface area (TPSA) is 72.9 Å². The number of amides is 1. The smallest absolute Gasteiger partial charge is 0.224 e. The molecule has 1 heterocycles. The van der Waals surface area contributed by atoms with Crippen LogP contribution < -0.4 is 11.1 Å². The molecule has 1 atom stereocenters. The predicted molar refractivity (Wildman–Crippen MR) is 124 cm³/mol. The second-order valence-electron chi connectivity index (χ2n) is 7.81. The summed E-state index contributed by atoms with van der Waals surface area (Å²) in [5.41, 5.74) is 12.4. The largest absolute Gasteiger partial charge is 0.354 e. The second kappa shape index (κ2) is 10.4. The highest BCUT2D eigenvalue weighted by Crippen LogP contribution is 2.19. The molecule has 2 aromatic carbocycles. The minimum Gasteiger partial charge on any atom is -0.354 e. The molecule has 0 radical (unpaired) electrons. The van der Waals surface area contributed by atoms with E-state index in [0.717, 1.165) is 28.2 Å². The van der Waals surface area contributed by atoms with Gasteiger partial charge in [0.2, 0.25) is 5.91 Å². The summed E-state index contributed by atoms with van der Waals surface area (Å²) in [6, 6.07) is 18.0. The van der Waals surface area contributed by atoms with Gasteiger partial charge in [-0.2, -0.15) is 5.10 Å². The lowest BCUT2D eigenvalue weighted by atomic mass is 9.99. The number of hydrogen-bond acceptors (Lipinski definition) is 3. The lowest BCUT2D eigenvalue weighted by Gasteiger charge is -2.15. The molecule has 0 spiro atoms. The van der Waals surface area contributed by atoms with Crippen molar-refractivity contribution >= 4 is 18.3 Å². The summed E-state index contributed by atoms with van der Waals surface area (Å²) in [6.07, 6.45) is 0.295. The van der Waals surface area contributed by atoms with Crippen LogP contribution in [0.5, 0.6) is 0 Å². The van der Waals surface area contributed by atoms with Crippen LogP contribution in [-0.2, 0) is 11.2 Å². The number of carbonyl (C=O) groups is 1. The zero-order valence-corrected chi connectivity index (χ0v) is 18.9. The van der Waals surface area contributed by atoms with Gasteiger partial charge in [0.1, 0.15) is 0 Å². The van der Waals surface area contributed by atoms with E-state index in [1.165, 1.54) is 5.56 Å². The first kappa shape index (κ1) is 23.6. The first-order valence-corrected chi connectivity index (χ1v) is 10.1. The first-order chi connectivity index (χ1) is 13.9. The summed E-state index contributed by atoms with van der Waals surface area (Å²) in [5.74, 6) is 0.446. The fourth-order valence-electron chi connectivity index (χ4n) is 3.44. The number of aromatic nitrogens is 2. The van der Waals surface area contributed by atoms with Crippen LogP contribution >= 0.6 is 12.4 Å². The van der Waals surface area contributed by atoms with E-state index in [1.54, 1.807) is 0 Å². The lowest BCUT2D eigenvalue weighted by molar-refractivity contribution is -0.120. The van der Waals surface area contributed by atoms with Crippen molar-refractivity contribution in [3.05, 3.63) is 82.7 Å². The molecule has 30 heavy (non-hydrogen) atoms. The van der Waals surface area contributed by atoms with Gasteiger partial charge in [-0.3, -0.25) is 4.79 Å². The average Bonchev–Trinajstić information content (AvgIpc) is 3.01. The number of carbonyl (C=O) groups excluding carboxylic acids is 1. The summed E-state index contributed by atoms with van der Waals surface area (Å²) < 4.78 is 1.89. The number of benzene rings is 2. The fraction of sp³-hybridized carbons (Fsp3) is 0.333. The van der Waals surface area contributed by atoms with Crippen molar-refractivity contribution in [2.75, 3.05) is 6.54 Å². The van der Waals surface area contributed by atoms with E-state index in [-0.39, 0.29) is 24.4 Å². The molecule has 0 aliphatic rings. The molecular weight excluding hydrogens is 396 g/mol. The number of hydrogen-bond donors (Lipinski definition) is 2. The molecule has 160 valence electrons. The van der Waals surface area contributed by atoms with Crippen LogP contribution in [0.4, 0.5) is 0 Å². The third-order valence-electron chi connectivity index (χ3n) is 5.33. The van der Waals surface area contributed by atoms with E-state index in [1.807, 2.05) is 61.0 Å². The molecule has 0 aliphatic carbocycles. The number of nitrogens with zero attached hydrogens (tertiary/aromatic N) is 2. The Bertz CT molecular complexity index is 965. The van der Waals surface area contributed by atoms with E-state index in [2.05, 4.69) is 36.4 Å². The maximum atomic E-state index is 12.5. The third kappa shape index (κ3) is 5.49. The molecule has 5 nitrogen and oxygen atoms in total. The van der Waals surface area contributed by atoms with Crippen LogP contribution in [-0.4, -0.2) is 22.2 Å². The minimum atomic E-state index is -0.227. The standard InChI is InChI=1S/C24H30N4O.ClH/c1-16(2)19-10-12-20(13-11-19)23(25)15-26-24(29)14-22-17(3)27-28(18(22)4)21-8-6-5-7-9-21;/h5-13,16,23H,14-15,25H2,1-4H3,(H,26,29);1H. The summed E-state index contributed by atoms with van der Waals surface area (Å²) in [4.78, 5) is 12.5. The molecule has 0 fully saturated rings. The summed E-state index contributed by atoms with van der Waals surface area (Å²) >= 11 is 0. The Labute approximate surface area is 185 Å². The van der Waals surface area contributed by atoms with Crippen LogP contribution in [0.1, 0.15) is 53.9 Å². The Morgan fingerprint density at radius 2 is 1.63 bits per heavy atom. The van der Waals surface area contributed by atoms with Gasteiger partial charge in [-0.15, -0.1) is 12.4 Å². The molecule has 6 heteroatoms. The van der Waals surface area contributed by atoms with Crippen LogP contribution in [0.3, 0.4) is 0 Å². The van der Waals surface area contributed by atoms with E-state index in [0.29, 0.717) is 18.9 Å². The Morgan fingerprint density at radius 3 is 2.23 bits per heavy atom. The SMILES string of the molecule is Cc1nn(-c2ccccc2)c(C)c1CC(=O)NCC(N)c1ccc(C(C)C)cc1.Cl. The molecule has 1 unspecified atom stereocenters. The molecule has 0 saturated carbocycles. The zero-order chi connectivity index (χ0) is 21.0. The van der Waals surface area contributed by atoms with Crippen molar-refractivity contribution in [1.82, 2.24) is 15.1 Å². The van der Waals surface area contributed by atoms with Gasteiger partial charge >= 0.3 is 0 Å². The lowest BCUT2D eigenvalue weighted by Crippen LogP contribution is -2.33. The van der Waals surface area contributed by atoms with E-state index in [4.69, 9.17) is 5.73 Å². The Kier molecular flexibility index (Phi) is 8.21. The molecule has 0 aliphatic heterocycles. The summed E-state index contributed by atoms with van der Waals surface area (Å²) in [7, 11) is 0. The number of rotatable bonds is 7. The van der Waals surface area contributed by atoms with Crippen molar-refractivity contribution < 1.29 is 4.79 Å². The van der Waals surface area contributed by atoms with Gasteiger partial charge in [0, 0.05) is 23.8 Å². The van der Waals surface area contributed by atoms with E-state index >= 15 is 0 Å². The van der Waals surface area contributed by atoms with Gasteiger partial charge in [0.05, 0.1) is 17.8 Å². The van der Waals surface area contributed by atoms with Gasteiger partial charge in [-0.25, -0.2) is 4.68 Å². The molecule has 0 saturated heterocycles. The van der Waals surface area contributed by atoms with E-state index in [9.17, 15) is 4.79 Å². The Hall–Kier alpha value is -2.63. The molecular formula is C24H31ClN4O. The highest BCUT2D eigenvalue weighted by Gasteiger charge is 2.16. The quantitative estimate of drug-likeness (QED) is 0.588. The highest BCUT2D eigenvalue weighted by molar-refractivity contribution is 5.85. The molecule has 3 aromatic rings. The summed E-state index contributed by atoms with van der Waals surface area (Å²) in [5, 5.41) is 7.58. The number of nitrogens with one attached hydrogen (secondary N) is 1. The fourth-order valence-corrected chi connectivity index (χ4v) is 3.44. The molecule has 1 aromatic heterocycles. The average molecular weight is 427 g/mol. The molecule has 1 amide bonds. The van der Waals surface area contributed by atoms with Crippen molar-refractivity contribution in [3.63, 3.8) is 0 Å². The second-order valence-corrected chi connectivity index (χ2v) is 7.81. The number of para-hydroxylation sites is 1. The molecule has 3 N–H and O–H groups in total. The van der Waals surface area contributed by atoms with Crippen molar-refractivity contribution in [2.24, 2.45) is 5.73 Å². The molecule has 3 rings (SSSR count). The summed E-state index contributed by atoms with van der Waals surface area (Å²) in [6.45, 7) is 8.68. The van der Waals surface area contributed by atoms with Crippen molar-refractivity contribution in [2.45, 2.75) is 46.1 Å². The van der Waals surface area contributed by atoms with Gasteiger partial charge in [-0.1, -0.05) is 56.3 Å². The maximum Gasteiger partial charge on any atom is 0.224 e. The highest BCUT2D eigenvalue weighted by atomic mass is 35.5. The zero-order valence-electron chi connectivity index (χ0n) is 18.1. The normalized spacial score (nSPS) is 11.8. The number of halogens is 1. The van der Waals surface area contributed by atoms with Crippen LogP contribution in [0.25, 0.3) is 5.69 Å². The van der Waals surface area contributed by atoms with Gasteiger partial charge in [0.15, 0.2) is 0 Å². The van der Waals surface area contributed by atoms with Gasteiger partial charge in [-0.05, 0) is 43.0 Å². The third-order valence-corrected chi connectivity index (χ3v) is 5.33. The van der Waals surface area contributed by atoms with Gasteiger partial charge < -0.3 is 11.1 Å². The number of aryl methyl sites for hydroxylation is 1. The van der Waals surface area contributed by atoms with Gasteiger partial charge in [0.25, 0.3) is 0 Å².